The fourth-order valence-electron chi connectivity index (χ4n) is 1.13. The standard InChI is InChI=1S/C13H18O5/c1-10(6-7-14)4-5-11(8-12(15)17-2)9-13(16)18-3/h4-5,7-8,10H,6,9H2,1-3H3/b5-4+,11-8-/t10-/m1/s1. The van der Waals surface area contributed by atoms with E-state index in [1.54, 1.807) is 12.2 Å². The fourth-order valence-corrected chi connectivity index (χ4v) is 1.13. The van der Waals surface area contributed by atoms with Gasteiger partial charge in [0.15, 0.2) is 0 Å². The Morgan fingerprint density at radius 1 is 1.22 bits per heavy atom. The summed E-state index contributed by atoms with van der Waals surface area (Å²) in [7, 11) is 2.53. The Balaban J connectivity index is 4.76. The van der Waals surface area contributed by atoms with Gasteiger partial charge in [0.05, 0.1) is 20.6 Å². The Morgan fingerprint density at radius 3 is 2.39 bits per heavy atom. The Morgan fingerprint density at radius 2 is 1.89 bits per heavy atom. The molecule has 0 rings (SSSR count). The number of carbonyl (C=O) groups is 3. The quantitative estimate of drug-likeness (QED) is 0.297. The number of rotatable bonds is 7. The summed E-state index contributed by atoms with van der Waals surface area (Å²) < 4.78 is 9.02. The number of hydrogen-bond acceptors (Lipinski definition) is 5. The number of hydrogen-bond donors (Lipinski definition) is 0. The van der Waals surface area contributed by atoms with E-state index in [1.165, 1.54) is 20.3 Å². The molecular formula is C13H18O5. The van der Waals surface area contributed by atoms with Crippen LogP contribution in [0.15, 0.2) is 23.8 Å². The highest BCUT2D eigenvalue weighted by Gasteiger charge is 2.06. The van der Waals surface area contributed by atoms with Gasteiger partial charge in [0.1, 0.15) is 6.29 Å². The molecule has 0 aliphatic heterocycles. The summed E-state index contributed by atoms with van der Waals surface area (Å²) in [5.41, 5.74) is 0.478. The molecule has 0 saturated heterocycles. The van der Waals surface area contributed by atoms with E-state index in [2.05, 4.69) is 9.47 Å². The van der Waals surface area contributed by atoms with Crippen LogP contribution in [0.4, 0.5) is 0 Å². The number of carbonyl (C=O) groups excluding carboxylic acids is 3. The van der Waals surface area contributed by atoms with Crippen molar-refractivity contribution in [2.24, 2.45) is 5.92 Å². The average molecular weight is 254 g/mol. The van der Waals surface area contributed by atoms with Crippen molar-refractivity contribution >= 4 is 18.2 Å². The Bertz CT molecular complexity index is 354. The molecule has 0 heterocycles. The Kier molecular flexibility index (Phi) is 8.18. The first-order valence-electron chi connectivity index (χ1n) is 5.50. The molecule has 5 heteroatoms. The lowest BCUT2D eigenvalue weighted by atomic mass is 10.1. The van der Waals surface area contributed by atoms with Crippen LogP contribution in [0.3, 0.4) is 0 Å². The average Bonchev–Trinajstić information content (AvgIpc) is 2.35. The van der Waals surface area contributed by atoms with Crippen LogP contribution in [0.1, 0.15) is 19.8 Å². The van der Waals surface area contributed by atoms with Gasteiger partial charge in [-0.05, 0) is 11.5 Å². The SMILES string of the molecule is COC(=O)/C=C(/C=C/[C@@H](C)CC=O)CC(=O)OC. The zero-order chi connectivity index (χ0) is 14.0. The van der Waals surface area contributed by atoms with Crippen molar-refractivity contribution in [2.45, 2.75) is 19.8 Å². The summed E-state index contributed by atoms with van der Waals surface area (Å²) >= 11 is 0. The summed E-state index contributed by atoms with van der Waals surface area (Å²) in [4.78, 5) is 32.6. The second-order valence-corrected chi connectivity index (χ2v) is 3.73. The highest BCUT2D eigenvalue weighted by Crippen LogP contribution is 2.09. The predicted molar refractivity (Wildman–Crippen MR) is 65.7 cm³/mol. The third-order valence-corrected chi connectivity index (χ3v) is 2.19. The summed E-state index contributed by atoms with van der Waals surface area (Å²) in [6, 6.07) is 0. The summed E-state index contributed by atoms with van der Waals surface area (Å²) in [5.74, 6) is -0.944. The van der Waals surface area contributed by atoms with E-state index in [4.69, 9.17) is 0 Å². The number of methoxy groups -OCH3 is 2. The van der Waals surface area contributed by atoms with Gasteiger partial charge in [-0.2, -0.15) is 0 Å². The maximum atomic E-state index is 11.2. The van der Waals surface area contributed by atoms with Crippen LogP contribution in [-0.2, 0) is 23.9 Å². The minimum atomic E-state index is -0.540. The van der Waals surface area contributed by atoms with Gasteiger partial charge < -0.3 is 14.3 Å². The highest BCUT2D eigenvalue weighted by molar-refractivity contribution is 5.85. The van der Waals surface area contributed by atoms with Crippen LogP contribution in [0.2, 0.25) is 0 Å². The predicted octanol–water partition coefficient (Wildman–Crippen LogP) is 1.43. The smallest absolute Gasteiger partial charge is 0.330 e. The molecule has 0 amide bonds. The minimum absolute atomic E-state index is 0.0179. The van der Waals surface area contributed by atoms with Gasteiger partial charge >= 0.3 is 11.9 Å². The molecule has 0 aromatic heterocycles. The van der Waals surface area contributed by atoms with Crippen LogP contribution in [0.25, 0.3) is 0 Å². The maximum Gasteiger partial charge on any atom is 0.330 e. The van der Waals surface area contributed by atoms with Crippen LogP contribution in [-0.4, -0.2) is 32.4 Å². The van der Waals surface area contributed by atoms with Crippen LogP contribution in [0.5, 0.6) is 0 Å². The van der Waals surface area contributed by atoms with Crippen molar-refractivity contribution in [1.29, 1.82) is 0 Å². The molecule has 0 spiro atoms. The van der Waals surface area contributed by atoms with E-state index < -0.39 is 11.9 Å². The van der Waals surface area contributed by atoms with E-state index in [1.807, 2.05) is 6.92 Å². The maximum absolute atomic E-state index is 11.2. The lowest BCUT2D eigenvalue weighted by molar-refractivity contribution is -0.139. The van der Waals surface area contributed by atoms with E-state index >= 15 is 0 Å². The highest BCUT2D eigenvalue weighted by atomic mass is 16.5. The summed E-state index contributed by atoms with van der Waals surface area (Å²) in [5, 5.41) is 0. The Labute approximate surface area is 106 Å². The molecule has 18 heavy (non-hydrogen) atoms. The van der Waals surface area contributed by atoms with Crippen LogP contribution in [0, 0.1) is 5.92 Å². The molecule has 100 valence electrons. The molecule has 0 aliphatic carbocycles. The van der Waals surface area contributed by atoms with Crippen molar-refractivity contribution in [2.75, 3.05) is 14.2 Å². The van der Waals surface area contributed by atoms with Crippen molar-refractivity contribution in [1.82, 2.24) is 0 Å². The monoisotopic (exact) mass is 254 g/mol. The lowest BCUT2D eigenvalue weighted by Crippen LogP contribution is -2.04. The molecule has 0 aromatic rings. The van der Waals surface area contributed by atoms with Crippen LogP contribution >= 0.6 is 0 Å². The fraction of sp³-hybridized carbons (Fsp3) is 0.462. The Hall–Kier alpha value is -1.91. The molecule has 5 nitrogen and oxygen atoms in total. The molecule has 0 bridgehead atoms. The number of ether oxygens (including phenoxy) is 2. The first kappa shape index (κ1) is 16.1. The van der Waals surface area contributed by atoms with Crippen molar-refractivity contribution in [3.8, 4) is 0 Å². The molecule has 0 radical (unpaired) electrons. The molecule has 0 fully saturated rings. The van der Waals surface area contributed by atoms with Crippen LogP contribution < -0.4 is 0 Å². The van der Waals surface area contributed by atoms with Gasteiger partial charge in [-0.1, -0.05) is 19.1 Å². The topological polar surface area (TPSA) is 69.7 Å². The molecule has 1 atom stereocenters. The third-order valence-electron chi connectivity index (χ3n) is 2.19. The van der Waals surface area contributed by atoms with Crippen molar-refractivity contribution in [3.63, 3.8) is 0 Å². The zero-order valence-electron chi connectivity index (χ0n) is 10.8. The van der Waals surface area contributed by atoms with Gasteiger partial charge in [-0.3, -0.25) is 4.79 Å². The number of allylic oxidation sites excluding steroid dienone is 2. The van der Waals surface area contributed by atoms with Crippen molar-refractivity contribution < 1.29 is 23.9 Å². The van der Waals surface area contributed by atoms with E-state index in [0.717, 1.165) is 6.29 Å². The summed E-state index contributed by atoms with van der Waals surface area (Å²) in [6.07, 6.45) is 5.80. The van der Waals surface area contributed by atoms with E-state index in [0.29, 0.717) is 12.0 Å². The largest absolute Gasteiger partial charge is 0.469 e. The molecule has 0 aromatic carbocycles. The molecule has 0 N–H and O–H groups in total. The van der Waals surface area contributed by atoms with Gasteiger partial charge in [0.25, 0.3) is 0 Å². The second-order valence-electron chi connectivity index (χ2n) is 3.73. The van der Waals surface area contributed by atoms with E-state index in [9.17, 15) is 14.4 Å². The zero-order valence-corrected chi connectivity index (χ0v) is 10.8. The summed E-state index contributed by atoms with van der Waals surface area (Å²) in [6.45, 7) is 1.86. The van der Waals surface area contributed by atoms with Gasteiger partial charge in [0, 0.05) is 12.5 Å². The van der Waals surface area contributed by atoms with Gasteiger partial charge in [0.2, 0.25) is 0 Å². The minimum Gasteiger partial charge on any atom is -0.469 e. The van der Waals surface area contributed by atoms with Crippen molar-refractivity contribution in [3.05, 3.63) is 23.8 Å². The second kappa shape index (κ2) is 9.15. The molecule has 0 unspecified atom stereocenters. The third kappa shape index (κ3) is 7.38. The van der Waals surface area contributed by atoms with E-state index in [-0.39, 0.29) is 12.3 Å². The van der Waals surface area contributed by atoms with Gasteiger partial charge in [-0.15, -0.1) is 0 Å². The first-order chi connectivity index (χ1) is 8.53. The molecule has 0 saturated carbocycles. The molecular weight excluding hydrogens is 236 g/mol. The number of aldehydes is 1. The molecule has 0 aliphatic rings. The number of esters is 2. The van der Waals surface area contributed by atoms with Gasteiger partial charge in [-0.25, -0.2) is 4.79 Å². The first-order valence-corrected chi connectivity index (χ1v) is 5.50. The normalized spacial score (nSPS) is 13.2. The lowest BCUT2D eigenvalue weighted by Gasteiger charge is -2.03.